The van der Waals surface area contributed by atoms with Gasteiger partial charge in [-0.3, -0.25) is 0 Å². The van der Waals surface area contributed by atoms with Crippen molar-refractivity contribution in [3.8, 4) is 0 Å². The van der Waals surface area contributed by atoms with Crippen molar-refractivity contribution < 1.29 is 68.8 Å². The summed E-state index contributed by atoms with van der Waals surface area (Å²) in [7, 11) is -3.87. The van der Waals surface area contributed by atoms with E-state index in [1.807, 2.05) is 0 Å². The van der Waals surface area contributed by atoms with Gasteiger partial charge in [-0.15, -0.1) is 6.54 Å². The number of nitrogens with one attached hydrogen (secondary N) is 1. The first kappa shape index (κ1) is 16.2. The summed E-state index contributed by atoms with van der Waals surface area (Å²) in [5.41, 5.74) is 6.63. The van der Waals surface area contributed by atoms with E-state index in [1.54, 1.807) is 0 Å². The first-order valence-corrected chi connectivity index (χ1v) is 4.73. The van der Waals surface area contributed by atoms with Crippen LogP contribution in [0.5, 0.6) is 0 Å². The van der Waals surface area contributed by atoms with Crippen LogP contribution >= 0.6 is 0 Å². The average Bonchev–Trinajstić information content (AvgIpc) is 1.85. The second-order valence-electron chi connectivity index (χ2n) is 2.16. The van der Waals surface area contributed by atoms with Gasteiger partial charge in [0.15, 0.2) is 0 Å². The van der Waals surface area contributed by atoms with Gasteiger partial charge in [-0.1, -0.05) is 6.58 Å². The Bertz CT molecular complexity index is 285. The van der Waals surface area contributed by atoms with Crippen LogP contribution in [-0.2, 0) is 19.1 Å². The Kier molecular flexibility index (Phi) is 8.85. The fourth-order valence-electron chi connectivity index (χ4n) is 0.353. The Hall–Kier alpha value is 0.756. The van der Waals surface area contributed by atoms with Gasteiger partial charge in [0.05, 0.1) is 5.75 Å². The van der Waals surface area contributed by atoms with Crippen molar-refractivity contribution in [1.82, 2.24) is 0 Å². The molecule has 0 atom stereocenters. The summed E-state index contributed by atoms with van der Waals surface area (Å²) >= 11 is 0. The Morgan fingerprint density at radius 3 is 2.31 bits per heavy atom. The van der Waals surface area contributed by atoms with Crippen LogP contribution in [0, 0.1) is 0 Å². The van der Waals surface area contributed by atoms with E-state index in [0.29, 0.717) is 0 Å². The second-order valence-corrected chi connectivity index (χ2v) is 3.85. The summed E-state index contributed by atoms with van der Waals surface area (Å²) in [6.45, 7) is 4.23. The molecule has 0 aromatic rings. The van der Waals surface area contributed by atoms with Crippen LogP contribution in [0.4, 0.5) is 0 Å². The molecule has 0 bridgehead atoms. The molecular formula is C6H10KNO4S. The SMILES string of the molecule is C=C(C)C(=O)OS(=O)(=O)CC[NH-].[K+]. The van der Waals surface area contributed by atoms with Gasteiger partial charge < -0.3 is 9.92 Å². The minimum Gasteiger partial charge on any atom is -0.676 e. The topological polar surface area (TPSA) is 84.2 Å². The molecule has 0 aromatic carbocycles. The first-order valence-electron chi connectivity index (χ1n) is 3.15. The molecule has 0 spiro atoms. The largest absolute Gasteiger partial charge is 1.00 e. The number of hydrogen-bond donors (Lipinski definition) is 0. The van der Waals surface area contributed by atoms with E-state index in [9.17, 15) is 13.2 Å². The molecule has 0 aromatic heterocycles. The van der Waals surface area contributed by atoms with Crippen molar-refractivity contribution in [1.29, 1.82) is 0 Å². The molecule has 0 saturated heterocycles. The standard InChI is InChI=1S/C6H10NO4S.K/c1-5(2)6(8)11-12(9,10)4-3-7;/h7H,1,3-4H2,2H3;/q-1;+1. The second kappa shape index (κ2) is 7.10. The molecule has 7 heteroatoms. The Labute approximate surface area is 120 Å². The molecule has 0 aliphatic carbocycles. The minimum atomic E-state index is -3.87. The fraction of sp³-hybridized carbons (Fsp3) is 0.500. The van der Waals surface area contributed by atoms with Gasteiger partial charge in [-0.2, -0.15) is 8.42 Å². The molecule has 0 fully saturated rings. The minimum absolute atomic E-state index is 0. The van der Waals surface area contributed by atoms with Crippen LogP contribution in [0.15, 0.2) is 12.2 Å². The zero-order valence-electron chi connectivity index (χ0n) is 7.66. The van der Waals surface area contributed by atoms with Crippen molar-refractivity contribution in [2.24, 2.45) is 0 Å². The smallest absolute Gasteiger partial charge is 0.676 e. The molecule has 13 heavy (non-hydrogen) atoms. The van der Waals surface area contributed by atoms with Gasteiger partial charge in [0, 0.05) is 5.57 Å². The molecule has 0 saturated carbocycles. The van der Waals surface area contributed by atoms with Crippen molar-refractivity contribution >= 4 is 16.1 Å². The summed E-state index contributed by atoms with van der Waals surface area (Å²) in [5, 5.41) is 0. The molecule has 0 rings (SSSR count). The average molecular weight is 231 g/mol. The molecule has 0 radical (unpaired) electrons. The monoisotopic (exact) mass is 231 g/mol. The third kappa shape index (κ3) is 7.80. The van der Waals surface area contributed by atoms with Crippen molar-refractivity contribution in [2.45, 2.75) is 6.92 Å². The summed E-state index contributed by atoms with van der Waals surface area (Å²) in [6.07, 6.45) is 0. The van der Waals surface area contributed by atoms with E-state index in [4.69, 9.17) is 5.73 Å². The van der Waals surface area contributed by atoms with Crippen molar-refractivity contribution in [2.75, 3.05) is 12.3 Å². The summed E-state index contributed by atoms with van der Waals surface area (Å²) in [4.78, 5) is 10.7. The predicted octanol–water partition coefficient (Wildman–Crippen LogP) is -2.51. The zero-order chi connectivity index (χ0) is 9.78. The van der Waals surface area contributed by atoms with E-state index >= 15 is 0 Å². The van der Waals surface area contributed by atoms with Gasteiger partial charge in [0.2, 0.25) is 0 Å². The van der Waals surface area contributed by atoms with Gasteiger partial charge in [-0.25, -0.2) is 4.79 Å². The molecule has 0 amide bonds. The first-order chi connectivity index (χ1) is 5.39. The quantitative estimate of drug-likeness (QED) is 0.304. The number of carbonyl (C=O) groups excluding carboxylic acids is 1. The van der Waals surface area contributed by atoms with E-state index in [-0.39, 0.29) is 63.5 Å². The van der Waals surface area contributed by atoms with Gasteiger partial charge in [0.25, 0.3) is 0 Å². The van der Waals surface area contributed by atoms with Crippen LogP contribution in [-0.4, -0.2) is 26.7 Å². The zero-order valence-corrected chi connectivity index (χ0v) is 11.6. The van der Waals surface area contributed by atoms with Crippen LogP contribution in [0.25, 0.3) is 5.73 Å². The van der Waals surface area contributed by atoms with Gasteiger partial charge >= 0.3 is 67.5 Å². The summed E-state index contributed by atoms with van der Waals surface area (Å²) < 4.78 is 25.5. The van der Waals surface area contributed by atoms with Gasteiger partial charge in [0.1, 0.15) is 0 Å². The third-order valence-corrected chi connectivity index (χ3v) is 2.01. The molecule has 0 heterocycles. The Morgan fingerprint density at radius 1 is 1.54 bits per heavy atom. The molecular weight excluding hydrogens is 221 g/mol. The summed E-state index contributed by atoms with van der Waals surface area (Å²) in [5.74, 6) is -1.45. The molecule has 0 aliphatic heterocycles. The third-order valence-electron chi connectivity index (χ3n) is 0.903. The molecule has 1 N–H and O–H groups in total. The fourth-order valence-corrected chi connectivity index (χ4v) is 1.06. The number of carbonyl (C=O) groups is 1. The van der Waals surface area contributed by atoms with Crippen molar-refractivity contribution in [3.63, 3.8) is 0 Å². The van der Waals surface area contributed by atoms with Gasteiger partial charge in [-0.05, 0) is 6.92 Å². The molecule has 70 valence electrons. The molecule has 0 aliphatic rings. The molecule has 5 nitrogen and oxygen atoms in total. The van der Waals surface area contributed by atoms with E-state index in [0.717, 1.165) is 0 Å². The maximum Gasteiger partial charge on any atom is 1.00 e. The predicted molar refractivity (Wildman–Crippen MR) is 43.9 cm³/mol. The van der Waals surface area contributed by atoms with Crippen LogP contribution in [0.3, 0.4) is 0 Å². The van der Waals surface area contributed by atoms with Crippen LogP contribution < -0.4 is 51.4 Å². The number of rotatable bonds is 4. The van der Waals surface area contributed by atoms with E-state index < -0.39 is 21.8 Å². The van der Waals surface area contributed by atoms with E-state index in [2.05, 4.69) is 10.8 Å². The maximum atomic E-state index is 10.7. The van der Waals surface area contributed by atoms with E-state index in [1.165, 1.54) is 6.92 Å². The Balaban J connectivity index is 0. The normalized spacial score (nSPS) is 10.0. The summed E-state index contributed by atoms with van der Waals surface area (Å²) in [6, 6.07) is 0. The Morgan fingerprint density at radius 2 is 2.00 bits per heavy atom. The number of hydrogen-bond acceptors (Lipinski definition) is 4. The molecule has 0 unspecified atom stereocenters. The van der Waals surface area contributed by atoms with Crippen LogP contribution in [0.1, 0.15) is 6.92 Å². The van der Waals surface area contributed by atoms with Crippen molar-refractivity contribution in [3.05, 3.63) is 17.9 Å². The maximum absolute atomic E-state index is 10.7. The van der Waals surface area contributed by atoms with Crippen LogP contribution in [0.2, 0.25) is 0 Å².